The largest absolute Gasteiger partial charge is 0.384 e. The van der Waals surface area contributed by atoms with E-state index < -0.39 is 0 Å². The number of carbonyl (C=O) groups is 1. The number of nitriles is 1. The SMILES string of the molecule is N#Cc1cccc(C(=O)Nc2ccc3c(c2)CCN3)c1. The van der Waals surface area contributed by atoms with E-state index in [4.69, 9.17) is 5.26 Å². The van der Waals surface area contributed by atoms with Gasteiger partial charge in [0.1, 0.15) is 0 Å². The molecule has 1 heterocycles. The molecule has 3 rings (SSSR count). The summed E-state index contributed by atoms with van der Waals surface area (Å²) in [7, 11) is 0. The van der Waals surface area contributed by atoms with Crippen molar-refractivity contribution in [1.82, 2.24) is 0 Å². The Bertz CT molecular complexity index is 716. The molecular weight excluding hydrogens is 250 g/mol. The van der Waals surface area contributed by atoms with Crippen molar-refractivity contribution in [1.29, 1.82) is 5.26 Å². The molecule has 2 aromatic rings. The number of hydrogen-bond acceptors (Lipinski definition) is 3. The number of hydrogen-bond donors (Lipinski definition) is 2. The molecule has 2 aromatic carbocycles. The Hall–Kier alpha value is -2.80. The molecule has 0 spiro atoms. The van der Waals surface area contributed by atoms with E-state index in [1.54, 1.807) is 24.3 Å². The third-order valence-corrected chi connectivity index (χ3v) is 3.33. The second-order valence-electron chi connectivity index (χ2n) is 4.70. The van der Waals surface area contributed by atoms with E-state index in [9.17, 15) is 4.79 Å². The minimum Gasteiger partial charge on any atom is -0.384 e. The summed E-state index contributed by atoms with van der Waals surface area (Å²) in [6.07, 6.45) is 0.975. The van der Waals surface area contributed by atoms with Gasteiger partial charge in [0.2, 0.25) is 0 Å². The molecule has 0 atom stereocenters. The van der Waals surface area contributed by atoms with Crippen molar-refractivity contribution in [2.45, 2.75) is 6.42 Å². The molecule has 98 valence electrons. The van der Waals surface area contributed by atoms with Crippen LogP contribution in [0, 0.1) is 11.3 Å². The van der Waals surface area contributed by atoms with Crippen molar-refractivity contribution < 1.29 is 4.79 Å². The van der Waals surface area contributed by atoms with Crippen LogP contribution in [0.1, 0.15) is 21.5 Å². The van der Waals surface area contributed by atoms with Crippen molar-refractivity contribution in [2.75, 3.05) is 17.2 Å². The Morgan fingerprint density at radius 3 is 3.00 bits per heavy atom. The molecule has 0 fully saturated rings. The lowest BCUT2D eigenvalue weighted by molar-refractivity contribution is 0.102. The van der Waals surface area contributed by atoms with E-state index >= 15 is 0 Å². The van der Waals surface area contributed by atoms with E-state index in [2.05, 4.69) is 10.6 Å². The Labute approximate surface area is 117 Å². The zero-order chi connectivity index (χ0) is 13.9. The molecule has 1 aliphatic heterocycles. The number of nitrogens with one attached hydrogen (secondary N) is 2. The second-order valence-corrected chi connectivity index (χ2v) is 4.70. The molecule has 0 saturated carbocycles. The van der Waals surface area contributed by atoms with Gasteiger partial charge >= 0.3 is 0 Å². The van der Waals surface area contributed by atoms with E-state index in [1.165, 1.54) is 5.56 Å². The zero-order valence-corrected chi connectivity index (χ0v) is 10.8. The Balaban J connectivity index is 1.80. The summed E-state index contributed by atoms with van der Waals surface area (Å²) in [6, 6.07) is 14.5. The molecule has 0 bridgehead atoms. The Morgan fingerprint density at radius 1 is 1.25 bits per heavy atom. The van der Waals surface area contributed by atoms with Gasteiger partial charge in [0.25, 0.3) is 5.91 Å². The van der Waals surface area contributed by atoms with Gasteiger partial charge in [-0.2, -0.15) is 5.26 Å². The van der Waals surface area contributed by atoms with Crippen molar-refractivity contribution in [3.8, 4) is 6.07 Å². The quantitative estimate of drug-likeness (QED) is 0.875. The van der Waals surface area contributed by atoms with E-state index in [0.29, 0.717) is 11.1 Å². The third-order valence-electron chi connectivity index (χ3n) is 3.33. The molecule has 0 saturated heterocycles. The summed E-state index contributed by atoms with van der Waals surface area (Å²) in [6.45, 7) is 0.941. The first-order valence-electron chi connectivity index (χ1n) is 6.44. The first-order valence-corrected chi connectivity index (χ1v) is 6.44. The fourth-order valence-electron chi connectivity index (χ4n) is 2.32. The normalized spacial score (nSPS) is 12.2. The van der Waals surface area contributed by atoms with Gasteiger partial charge in [0.05, 0.1) is 11.6 Å². The number of rotatable bonds is 2. The van der Waals surface area contributed by atoms with E-state index in [-0.39, 0.29) is 5.91 Å². The molecule has 1 amide bonds. The first kappa shape index (κ1) is 12.2. The summed E-state index contributed by atoms with van der Waals surface area (Å²) in [5.74, 6) is -0.201. The molecule has 1 aliphatic rings. The van der Waals surface area contributed by atoms with Crippen molar-refractivity contribution >= 4 is 17.3 Å². The molecule has 0 radical (unpaired) electrons. The molecular formula is C16H13N3O. The van der Waals surface area contributed by atoms with E-state index in [0.717, 1.165) is 24.3 Å². The van der Waals surface area contributed by atoms with Gasteiger partial charge in [0.15, 0.2) is 0 Å². The maximum atomic E-state index is 12.1. The molecule has 0 aromatic heterocycles. The number of benzene rings is 2. The van der Waals surface area contributed by atoms with Crippen molar-refractivity contribution in [2.24, 2.45) is 0 Å². The molecule has 2 N–H and O–H groups in total. The second kappa shape index (κ2) is 5.06. The van der Waals surface area contributed by atoms with Crippen LogP contribution in [-0.2, 0) is 6.42 Å². The number of carbonyl (C=O) groups excluding carboxylic acids is 1. The third kappa shape index (κ3) is 2.34. The highest BCUT2D eigenvalue weighted by molar-refractivity contribution is 6.04. The first-order chi connectivity index (χ1) is 9.76. The van der Waals surface area contributed by atoms with Crippen LogP contribution < -0.4 is 10.6 Å². The summed E-state index contributed by atoms with van der Waals surface area (Å²) < 4.78 is 0. The lowest BCUT2D eigenvalue weighted by Crippen LogP contribution is -2.12. The predicted octanol–water partition coefficient (Wildman–Crippen LogP) is 2.78. The fraction of sp³-hybridized carbons (Fsp3) is 0.125. The summed E-state index contributed by atoms with van der Waals surface area (Å²) in [5, 5.41) is 15.0. The molecule has 4 heteroatoms. The Morgan fingerprint density at radius 2 is 2.15 bits per heavy atom. The maximum Gasteiger partial charge on any atom is 0.255 e. The van der Waals surface area contributed by atoms with Gasteiger partial charge in [-0.25, -0.2) is 0 Å². The van der Waals surface area contributed by atoms with Crippen LogP contribution >= 0.6 is 0 Å². The lowest BCUT2D eigenvalue weighted by Gasteiger charge is -2.07. The average Bonchev–Trinajstić information content (AvgIpc) is 2.95. The van der Waals surface area contributed by atoms with Gasteiger partial charge in [-0.15, -0.1) is 0 Å². The molecule has 0 aliphatic carbocycles. The van der Waals surface area contributed by atoms with Gasteiger partial charge in [0, 0.05) is 23.5 Å². The smallest absolute Gasteiger partial charge is 0.255 e. The van der Waals surface area contributed by atoms with Crippen LogP contribution in [0.15, 0.2) is 42.5 Å². The van der Waals surface area contributed by atoms with Gasteiger partial charge in [-0.3, -0.25) is 4.79 Å². The van der Waals surface area contributed by atoms with Gasteiger partial charge < -0.3 is 10.6 Å². The number of amides is 1. The lowest BCUT2D eigenvalue weighted by atomic mass is 10.1. The van der Waals surface area contributed by atoms with Gasteiger partial charge in [-0.1, -0.05) is 6.07 Å². The average molecular weight is 263 g/mol. The predicted molar refractivity (Wildman–Crippen MR) is 77.7 cm³/mol. The highest BCUT2D eigenvalue weighted by Gasteiger charge is 2.12. The molecule has 20 heavy (non-hydrogen) atoms. The highest BCUT2D eigenvalue weighted by Crippen LogP contribution is 2.25. The van der Waals surface area contributed by atoms with Crippen LogP contribution in [0.4, 0.5) is 11.4 Å². The Kier molecular flexibility index (Phi) is 3.10. The standard InChI is InChI=1S/C16H13N3O/c17-10-11-2-1-3-13(8-11)16(20)19-14-4-5-15-12(9-14)6-7-18-15/h1-5,8-9,18H,6-7H2,(H,19,20). The van der Waals surface area contributed by atoms with Crippen LogP contribution in [-0.4, -0.2) is 12.5 Å². The number of fused-ring (bicyclic) bond motifs is 1. The van der Waals surface area contributed by atoms with E-state index in [1.807, 2.05) is 24.3 Å². The summed E-state index contributed by atoms with van der Waals surface area (Å²) >= 11 is 0. The van der Waals surface area contributed by atoms with Crippen molar-refractivity contribution in [3.63, 3.8) is 0 Å². The van der Waals surface area contributed by atoms with Crippen LogP contribution in [0.25, 0.3) is 0 Å². The number of anilines is 2. The topological polar surface area (TPSA) is 64.9 Å². The molecule has 4 nitrogen and oxygen atoms in total. The van der Waals surface area contributed by atoms with Crippen LogP contribution in [0.2, 0.25) is 0 Å². The highest BCUT2D eigenvalue weighted by atomic mass is 16.1. The molecule has 0 unspecified atom stereocenters. The maximum absolute atomic E-state index is 12.1. The summed E-state index contributed by atoms with van der Waals surface area (Å²) in [4.78, 5) is 12.1. The fourth-order valence-corrected chi connectivity index (χ4v) is 2.32. The van der Waals surface area contributed by atoms with Crippen LogP contribution in [0.3, 0.4) is 0 Å². The minimum atomic E-state index is -0.201. The van der Waals surface area contributed by atoms with Crippen LogP contribution in [0.5, 0.6) is 0 Å². The minimum absolute atomic E-state index is 0.201. The monoisotopic (exact) mass is 263 g/mol. The number of nitrogens with zero attached hydrogens (tertiary/aromatic N) is 1. The van der Waals surface area contributed by atoms with Crippen molar-refractivity contribution in [3.05, 3.63) is 59.2 Å². The zero-order valence-electron chi connectivity index (χ0n) is 10.8. The summed E-state index contributed by atoms with van der Waals surface area (Å²) in [5.41, 5.74) is 4.10. The van der Waals surface area contributed by atoms with Gasteiger partial charge in [-0.05, 0) is 48.4 Å².